The van der Waals surface area contributed by atoms with Gasteiger partial charge in [-0.15, -0.1) is 0 Å². The van der Waals surface area contributed by atoms with E-state index in [0.717, 1.165) is 5.56 Å². The van der Waals surface area contributed by atoms with Crippen LogP contribution in [0.2, 0.25) is 5.02 Å². The van der Waals surface area contributed by atoms with E-state index in [1.165, 1.54) is 18.2 Å². The Hall–Kier alpha value is -1.78. The third kappa shape index (κ3) is 5.35. The molecule has 0 amide bonds. The van der Waals surface area contributed by atoms with Gasteiger partial charge in [-0.05, 0) is 66.5 Å². The Bertz CT molecular complexity index is 980. The Morgan fingerprint density at radius 3 is 2.08 bits per heavy atom. The van der Waals surface area contributed by atoms with E-state index in [-0.39, 0.29) is 21.3 Å². The van der Waals surface area contributed by atoms with Crippen LogP contribution in [-0.2, 0) is 10.0 Å². The monoisotopic (exact) mass is 395 g/mol. The van der Waals surface area contributed by atoms with E-state index < -0.39 is 20.1 Å². The molecule has 0 saturated heterocycles. The molecule has 2 aromatic rings. The minimum absolute atomic E-state index is 0.0191. The third-order valence-electron chi connectivity index (χ3n) is 3.15. The number of hydrogen-bond acceptors (Lipinski definition) is 3. The predicted octanol–water partition coefficient (Wildman–Crippen LogP) is 3.22. The van der Waals surface area contributed by atoms with Crippen molar-refractivity contribution in [1.82, 2.24) is 0 Å². The Morgan fingerprint density at radius 2 is 1.56 bits per heavy atom. The topological polar surface area (TPSA) is 77.2 Å². The number of halogens is 1. The SMILES string of the molecule is CS(C)(C)C#Cc1ccc(C(=O)c2ccc(Cl)c(S(N)(=O)=O)c2)cc1. The number of ketones is 1. The second kappa shape index (κ2) is 7.22. The molecule has 0 fully saturated rings. The third-order valence-corrected chi connectivity index (χ3v) is 5.26. The van der Waals surface area contributed by atoms with Crippen LogP contribution in [0.3, 0.4) is 0 Å². The minimum Gasteiger partial charge on any atom is -0.289 e. The average molecular weight is 396 g/mol. The fourth-order valence-corrected chi connectivity index (χ4v) is 3.44. The molecule has 4 nitrogen and oxygen atoms in total. The lowest BCUT2D eigenvalue weighted by atomic mass is 10.0. The zero-order valence-corrected chi connectivity index (χ0v) is 16.4. The van der Waals surface area contributed by atoms with E-state index >= 15 is 0 Å². The highest BCUT2D eigenvalue weighted by Gasteiger charge is 2.17. The Balaban J connectivity index is 2.34. The quantitative estimate of drug-likeness (QED) is 0.640. The van der Waals surface area contributed by atoms with Crippen molar-refractivity contribution in [1.29, 1.82) is 0 Å². The van der Waals surface area contributed by atoms with Crippen LogP contribution in [0.25, 0.3) is 0 Å². The van der Waals surface area contributed by atoms with Crippen molar-refractivity contribution < 1.29 is 13.2 Å². The van der Waals surface area contributed by atoms with Gasteiger partial charge in [0.2, 0.25) is 10.0 Å². The summed E-state index contributed by atoms with van der Waals surface area (Å²) in [4.78, 5) is 12.3. The molecule has 0 heterocycles. The molecule has 0 atom stereocenters. The first-order valence-electron chi connectivity index (χ1n) is 7.15. The molecule has 2 N–H and O–H groups in total. The van der Waals surface area contributed by atoms with Crippen LogP contribution < -0.4 is 5.14 Å². The normalized spacial score (nSPS) is 12.2. The molecule has 132 valence electrons. The molecule has 2 aromatic carbocycles. The summed E-state index contributed by atoms with van der Waals surface area (Å²) in [5, 5.41) is 8.30. The van der Waals surface area contributed by atoms with Gasteiger partial charge in [-0.2, -0.15) is 10.0 Å². The van der Waals surface area contributed by atoms with Crippen LogP contribution in [0.5, 0.6) is 0 Å². The number of primary sulfonamides is 1. The predicted molar refractivity (Wildman–Crippen MR) is 105 cm³/mol. The van der Waals surface area contributed by atoms with Gasteiger partial charge in [-0.25, -0.2) is 13.6 Å². The summed E-state index contributed by atoms with van der Waals surface area (Å²) in [5.74, 6) is 2.77. The first-order valence-corrected chi connectivity index (χ1v) is 11.9. The molecule has 0 unspecified atom stereocenters. The van der Waals surface area contributed by atoms with Crippen molar-refractivity contribution in [2.45, 2.75) is 4.90 Å². The zero-order valence-electron chi connectivity index (χ0n) is 14.0. The molecular weight excluding hydrogens is 378 g/mol. The molecular formula is C18H18ClNO3S2. The molecule has 0 bridgehead atoms. The Kier molecular flexibility index (Phi) is 5.65. The van der Waals surface area contributed by atoms with Crippen LogP contribution in [-0.4, -0.2) is 33.0 Å². The molecule has 0 saturated carbocycles. The van der Waals surface area contributed by atoms with E-state index in [4.69, 9.17) is 16.7 Å². The van der Waals surface area contributed by atoms with Gasteiger partial charge in [0.1, 0.15) is 4.90 Å². The second-order valence-corrected chi connectivity index (χ2v) is 12.0. The lowest BCUT2D eigenvalue weighted by Gasteiger charge is -2.14. The molecule has 0 aliphatic carbocycles. The molecule has 7 heteroatoms. The van der Waals surface area contributed by atoms with Gasteiger partial charge in [0.05, 0.1) is 5.02 Å². The number of nitrogens with two attached hydrogens (primary N) is 1. The van der Waals surface area contributed by atoms with Gasteiger partial charge >= 0.3 is 0 Å². The lowest BCUT2D eigenvalue weighted by Crippen LogP contribution is -2.14. The first-order chi connectivity index (χ1) is 11.5. The van der Waals surface area contributed by atoms with Crippen molar-refractivity contribution in [3.8, 4) is 11.2 Å². The average Bonchev–Trinajstić information content (AvgIpc) is 2.51. The Labute approximate surface area is 154 Å². The van der Waals surface area contributed by atoms with E-state index in [1.54, 1.807) is 24.3 Å². The summed E-state index contributed by atoms with van der Waals surface area (Å²) in [7, 11) is -4.92. The summed E-state index contributed by atoms with van der Waals surface area (Å²) >= 11 is 5.84. The number of sulfonamides is 1. The van der Waals surface area contributed by atoms with Crippen molar-refractivity contribution in [3.05, 3.63) is 64.2 Å². The van der Waals surface area contributed by atoms with E-state index in [1.807, 2.05) is 0 Å². The molecule has 0 aliphatic rings. The summed E-state index contributed by atoms with van der Waals surface area (Å²) in [6.07, 6.45) is 6.30. The number of carbonyl (C=O) groups excluding carboxylic acids is 1. The van der Waals surface area contributed by atoms with Gasteiger partial charge < -0.3 is 0 Å². The van der Waals surface area contributed by atoms with Crippen LogP contribution in [0.15, 0.2) is 47.4 Å². The van der Waals surface area contributed by atoms with Crippen LogP contribution >= 0.6 is 21.6 Å². The summed E-state index contributed by atoms with van der Waals surface area (Å²) < 4.78 is 23.1. The maximum absolute atomic E-state index is 12.6. The first kappa shape index (κ1) is 19.5. The molecule has 0 radical (unpaired) electrons. The highest BCUT2D eigenvalue weighted by molar-refractivity contribution is 8.35. The Morgan fingerprint density at radius 1 is 1.00 bits per heavy atom. The summed E-state index contributed by atoms with van der Waals surface area (Å²) in [5.41, 5.74) is 1.45. The second-order valence-electron chi connectivity index (χ2n) is 6.16. The van der Waals surface area contributed by atoms with Gasteiger partial charge in [-0.1, -0.05) is 17.5 Å². The van der Waals surface area contributed by atoms with Gasteiger partial charge in [-0.3, -0.25) is 4.79 Å². The van der Waals surface area contributed by atoms with Crippen molar-refractivity contribution in [3.63, 3.8) is 0 Å². The van der Waals surface area contributed by atoms with Crippen molar-refractivity contribution in [2.24, 2.45) is 5.14 Å². The van der Waals surface area contributed by atoms with E-state index in [9.17, 15) is 13.2 Å². The molecule has 0 aliphatic heterocycles. The number of hydrogen-bond donors (Lipinski definition) is 1. The van der Waals surface area contributed by atoms with Crippen molar-refractivity contribution in [2.75, 3.05) is 18.8 Å². The van der Waals surface area contributed by atoms with E-state index in [0.29, 0.717) is 5.56 Å². The molecule has 2 rings (SSSR count). The highest BCUT2D eigenvalue weighted by Crippen LogP contribution is 2.32. The van der Waals surface area contributed by atoms with E-state index in [2.05, 4.69) is 29.9 Å². The number of carbonyl (C=O) groups is 1. The summed E-state index contributed by atoms with van der Waals surface area (Å²) in [6, 6.07) is 10.9. The molecule has 0 spiro atoms. The standard InChI is InChI=1S/C18H18ClNO3S2/c1-24(2,3)11-10-13-4-6-14(7-5-13)18(21)15-8-9-16(19)17(12-15)25(20,22)23/h4-9,12H,1-3H3,(H2,20,22,23). The number of rotatable bonds is 3. The van der Waals surface area contributed by atoms with Gasteiger partial charge in [0.25, 0.3) is 0 Å². The fourth-order valence-electron chi connectivity index (χ4n) is 1.95. The number of benzene rings is 2. The van der Waals surface area contributed by atoms with Gasteiger partial charge in [0.15, 0.2) is 5.78 Å². The maximum atomic E-state index is 12.6. The molecule has 0 aromatic heterocycles. The maximum Gasteiger partial charge on any atom is 0.239 e. The zero-order chi connectivity index (χ0) is 18.8. The highest BCUT2D eigenvalue weighted by atomic mass is 35.5. The lowest BCUT2D eigenvalue weighted by molar-refractivity contribution is 0.103. The van der Waals surface area contributed by atoms with Crippen LogP contribution in [0.4, 0.5) is 0 Å². The van der Waals surface area contributed by atoms with Gasteiger partial charge in [0, 0.05) is 16.7 Å². The summed E-state index contributed by atoms with van der Waals surface area (Å²) in [6.45, 7) is 0. The molecule has 25 heavy (non-hydrogen) atoms. The van der Waals surface area contributed by atoms with Crippen LogP contribution in [0, 0.1) is 11.2 Å². The van der Waals surface area contributed by atoms with Crippen LogP contribution in [0.1, 0.15) is 21.5 Å². The fraction of sp³-hybridized carbons (Fsp3) is 0.167. The van der Waals surface area contributed by atoms with Crippen molar-refractivity contribution >= 4 is 37.4 Å². The smallest absolute Gasteiger partial charge is 0.239 e. The minimum atomic E-state index is -4.00. The largest absolute Gasteiger partial charge is 0.289 e.